The summed E-state index contributed by atoms with van der Waals surface area (Å²) in [5.41, 5.74) is 6.77. The SMILES string of the molecule is Cn1cc(NC(=O)c2nc(-c3ccccc3F)sc2N)cn1. The van der Waals surface area contributed by atoms with Gasteiger partial charge in [-0.25, -0.2) is 9.37 Å². The van der Waals surface area contributed by atoms with Gasteiger partial charge in [0.25, 0.3) is 5.91 Å². The van der Waals surface area contributed by atoms with Crippen molar-refractivity contribution >= 4 is 27.9 Å². The molecular formula is C14H12FN5OS. The Morgan fingerprint density at radius 3 is 2.86 bits per heavy atom. The van der Waals surface area contributed by atoms with Gasteiger partial charge in [0.05, 0.1) is 11.9 Å². The molecule has 8 heteroatoms. The van der Waals surface area contributed by atoms with E-state index in [1.807, 2.05) is 0 Å². The van der Waals surface area contributed by atoms with Gasteiger partial charge in [-0.1, -0.05) is 23.5 Å². The van der Waals surface area contributed by atoms with Gasteiger partial charge >= 0.3 is 0 Å². The molecule has 2 heterocycles. The van der Waals surface area contributed by atoms with Crippen LogP contribution in [0.5, 0.6) is 0 Å². The van der Waals surface area contributed by atoms with Gasteiger partial charge in [0.15, 0.2) is 5.69 Å². The van der Waals surface area contributed by atoms with Crippen LogP contribution in [0, 0.1) is 5.82 Å². The molecule has 3 rings (SSSR count). The van der Waals surface area contributed by atoms with Crippen molar-refractivity contribution in [3.63, 3.8) is 0 Å². The first-order valence-corrected chi connectivity index (χ1v) is 7.17. The molecule has 0 unspecified atom stereocenters. The Labute approximate surface area is 129 Å². The molecule has 0 aliphatic rings. The standard InChI is InChI=1S/C14H12FN5OS/c1-20-7-8(6-17-20)18-13(21)11-12(16)22-14(19-11)9-4-2-3-5-10(9)15/h2-7H,16H2,1H3,(H,18,21). The van der Waals surface area contributed by atoms with Crippen LogP contribution in [0.4, 0.5) is 15.1 Å². The number of halogens is 1. The Kier molecular flexibility index (Phi) is 3.60. The number of nitrogen functional groups attached to an aromatic ring is 1. The van der Waals surface area contributed by atoms with Gasteiger partial charge in [0, 0.05) is 18.8 Å². The molecule has 0 bridgehead atoms. The number of hydrogen-bond donors (Lipinski definition) is 2. The maximum absolute atomic E-state index is 13.8. The minimum Gasteiger partial charge on any atom is -0.389 e. The summed E-state index contributed by atoms with van der Waals surface area (Å²) in [7, 11) is 1.74. The molecule has 0 aliphatic heterocycles. The van der Waals surface area contributed by atoms with Crippen molar-refractivity contribution in [3.05, 3.63) is 48.2 Å². The lowest BCUT2D eigenvalue weighted by Gasteiger charge is -1.99. The number of thiazole rings is 1. The maximum Gasteiger partial charge on any atom is 0.277 e. The molecule has 112 valence electrons. The predicted octanol–water partition coefficient (Wildman–Crippen LogP) is 2.52. The first-order valence-electron chi connectivity index (χ1n) is 6.36. The van der Waals surface area contributed by atoms with E-state index in [1.54, 1.807) is 36.1 Å². The molecule has 3 N–H and O–H groups in total. The second-order valence-corrected chi connectivity index (χ2v) is 5.60. The van der Waals surface area contributed by atoms with E-state index in [9.17, 15) is 9.18 Å². The predicted molar refractivity (Wildman–Crippen MR) is 83.1 cm³/mol. The zero-order valence-corrected chi connectivity index (χ0v) is 12.4. The second kappa shape index (κ2) is 5.57. The number of amides is 1. The van der Waals surface area contributed by atoms with Gasteiger partial charge in [0.1, 0.15) is 15.8 Å². The van der Waals surface area contributed by atoms with Crippen LogP contribution < -0.4 is 11.1 Å². The minimum absolute atomic E-state index is 0.0760. The number of nitrogens with one attached hydrogen (secondary N) is 1. The number of benzene rings is 1. The van der Waals surface area contributed by atoms with Gasteiger partial charge in [0.2, 0.25) is 0 Å². The van der Waals surface area contributed by atoms with E-state index < -0.39 is 11.7 Å². The van der Waals surface area contributed by atoms with Crippen LogP contribution >= 0.6 is 11.3 Å². The lowest BCUT2D eigenvalue weighted by atomic mass is 10.2. The highest BCUT2D eigenvalue weighted by Gasteiger charge is 2.19. The highest BCUT2D eigenvalue weighted by molar-refractivity contribution is 7.19. The smallest absolute Gasteiger partial charge is 0.277 e. The fourth-order valence-corrected chi connectivity index (χ4v) is 2.78. The van der Waals surface area contributed by atoms with E-state index in [-0.39, 0.29) is 10.7 Å². The maximum atomic E-state index is 13.8. The first-order chi connectivity index (χ1) is 10.5. The van der Waals surface area contributed by atoms with Gasteiger partial charge in [-0.2, -0.15) is 5.10 Å². The van der Waals surface area contributed by atoms with Crippen LogP contribution in [0.15, 0.2) is 36.7 Å². The summed E-state index contributed by atoms with van der Waals surface area (Å²) in [5.74, 6) is -0.861. The molecule has 1 amide bonds. The quantitative estimate of drug-likeness (QED) is 0.777. The summed E-state index contributed by atoms with van der Waals surface area (Å²) in [6.07, 6.45) is 3.16. The van der Waals surface area contributed by atoms with E-state index in [0.29, 0.717) is 16.3 Å². The molecule has 0 fully saturated rings. The molecule has 3 aromatic rings. The van der Waals surface area contributed by atoms with Crippen LogP contribution in [0.2, 0.25) is 0 Å². The molecule has 0 saturated heterocycles. The lowest BCUT2D eigenvalue weighted by molar-refractivity contribution is 0.102. The van der Waals surface area contributed by atoms with Crippen molar-refractivity contribution in [2.75, 3.05) is 11.1 Å². The Hall–Kier alpha value is -2.74. The number of hydrogen-bond acceptors (Lipinski definition) is 5. The average Bonchev–Trinajstić information content (AvgIpc) is 3.05. The average molecular weight is 317 g/mol. The third kappa shape index (κ3) is 2.68. The third-order valence-electron chi connectivity index (χ3n) is 2.94. The number of nitrogens with zero attached hydrogens (tertiary/aromatic N) is 3. The van der Waals surface area contributed by atoms with E-state index in [4.69, 9.17) is 5.73 Å². The summed E-state index contributed by atoms with van der Waals surface area (Å²) in [4.78, 5) is 16.4. The molecule has 1 aromatic carbocycles. The van der Waals surface area contributed by atoms with Crippen LogP contribution in [0.25, 0.3) is 10.6 Å². The van der Waals surface area contributed by atoms with Crippen molar-refractivity contribution < 1.29 is 9.18 Å². The largest absolute Gasteiger partial charge is 0.389 e. The number of carbonyl (C=O) groups is 1. The van der Waals surface area contributed by atoms with Crippen LogP contribution in [-0.2, 0) is 7.05 Å². The third-order valence-corrected chi connectivity index (χ3v) is 3.85. The van der Waals surface area contributed by atoms with Gasteiger partial charge in [-0.05, 0) is 12.1 Å². The number of nitrogens with two attached hydrogens (primary N) is 1. The van der Waals surface area contributed by atoms with Crippen molar-refractivity contribution in [3.8, 4) is 10.6 Å². The number of aromatic nitrogens is 3. The van der Waals surface area contributed by atoms with Crippen molar-refractivity contribution in [2.24, 2.45) is 7.05 Å². The fraction of sp³-hybridized carbons (Fsp3) is 0.0714. The Balaban J connectivity index is 1.89. The summed E-state index contributed by atoms with van der Waals surface area (Å²) in [6, 6.07) is 6.22. The summed E-state index contributed by atoms with van der Waals surface area (Å²) >= 11 is 1.07. The molecule has 0 atom stereocenters. The van der Waals surface area contributed by atoms with Gasteiger partial charge in [-0.3, -0.25) is 9.48 Å². The van der Waals surface area contributed by atoms with E-state index >= 15 is 0 Å². The lowest BCUT2D eigenvalue weighted by Crippen LogP contribution is -2.13. The zero-order valence-electron chi connectivity index (χ0n) is 11.6. The van der Waals surface area contributed by atoms with Crippen molar-refractivity contribution in [1.29, 1.82) is 0 Å². The number of anilines is 2. The van der Waals surface area contributed by atoms with E-state index in [1.165, 1.54) is 12.3 Å². The van der Waals surface area contributed by atoms with Crippen molar-refractivity contribution in [2.45, 2.75) is 0 Å². The molecule has 0 saturated carbocycles. The zero-order chi connectivity index (χ0) is 15.7. The first kappa shape index (κ1) is 14.2. The molecule has 22 heavy (non-hydrogen) atoms. The fourth-order valence-electron chi connectivity index (χ4n) is 1.92. The number of rotatable bonds is 3. The molecule has 0 aliphatic carbocycles. The summed E-state index contributed by atoms with van der Waals surface area (Å²) < 4.78 is 15.3. The highest BCUT2D eigenvalue weighted by Crippen LogP contribution is 2.31. The highest BCUT2D eigenvalue weighted by atomic mass is 32.1. The van der Waals surface area contributed by atoms with Crippen LogP contribution in [0.1, 0.15) is 10.5 Å². The van der Waals surface area contributed by atoms with E-state index in [0.717, 1.165) is 11.3 Å². The van der Waals surface area contributed by atoms with E-state index in [2.05, 4.69) is 15.4 Å². The van der Waals surface area contributed by atoms with Crippen molar-refractivity contribution in [1.82, 2.24) is 14.8 Å². The topological polar surface area (TPSA) is 85.8 Å². The molecule has 0 radical (unpaired) electrons. The van der Waals surface area contributed by atoms with Gasteiger partial charge in [-0.15, -0.1) is 0 Å². The van der Waals surface area contributed by atoms with Crippen LogP contribution in [0.3, 0.4) is 0 Å². The molecule has 6 nitrogen and oxygen atoms in total. The Morgan fingerprint density at radius 2 is 2.18 bits per heavy atom. The van der Waals surface area contributed by atoms with Crippen LogP contribution in [-0.4, -0.2) is 20.7 Å². The molecule has 2 aromatic heterocycles. The summed E-state index contributed by atoms with van der Waals surface area (Å²) in [5, 5.41) is 7.20. The minimum atomic E-state index is -0.454. The normalized spacial score (nSPS) is 10.6. The second-order valence-electron chi connectivity index (χ2n) is 4.57. The molecule has 0 spiro atoms. The number of aryl methyl sites for hydroxylation is 1. The monoisotopic (exact) mass is 317 g/mol. The number of carbonyl (C=O) groups excluding carboxylic acids is 1. The Bertz CT molecular complexity index is 841. The Morgan fingerprint density at radius 1 is 1.41 bits per heavy atom. The van der Waals surface area contributed by atoms with Gasteiger partial charge < -0.3 is 11.1 Å². The molecular weight excluding hydrogens is 305 g/mol. The summed E-state index contributed by atoms with van der Waals surface area (Å²) in [6.45, 7) is 0.